The average Bonchev–Trinajstić information content (AvgIpc) is 3.34. The number of aryl methyl sites for hydroxylation is 1. The molecule has 7 nitrogen and oxygen atoms in total. The van der Waals surface area contributed by atoms with Crippen molar-refractivity contribution in [2.24, 2.45) is 0 Å². The number of methoxy groups -OCH3 is 1. The van der Waals surface area contributed by atoms with Crippen molar-refractivity contribution >= 4 is 5.91 Å². The Bertz CT molecular complexity index is 991. The highest BCUT2D eigenvalue weighted by Gasteiger charge is 2.33. The van der Waals surface area contributed by atoms with Gasteiger partial charge in [-0.2, -0.15) is 5.10 Å². The van der Waals surface area contributed by atoms with E-state index in [1.165, 1.54) is 0 Å². The molecule has 1 aromatic carbocycles. The minimum absolute atomic E-state index is 0.0341. The second kappa shape index (κ2) is 7.50. The molecule has 1 N–H and O–H groups in total. The van der Waals surface area contributed by atoms with Crippen LogP contribution in [0, 0.1) is 13.8 Å². The predicted molar refractivity (Wildman–Crippen MR) is 104 cm³/mol. The van der Waals surface area contributed by atoms with Crippen LogP contribution in [0.15, 0.2) is 35.0 Å². The highest BCUT2D eigenvalue weighted by molar-refractivity contribution is 5.97. The smallest absolute Gasteiger partial charge is 0.258 e. The maximum atomic E-state index is 13.4. The number of likely N-dealkylation sites (tertiary alicyclic amines) is 1. The molecule has 0 radical (unpaired) electrons. The van der Waals surface area contributed by atoms with Gasteiger partial charge in [0.1, 0.15) is 5.75 Å². The number of carbonyl (C=O) groups is 1. The molecule has 0 unspecified atom stereocenters. The molecule has 1 aliphatic rings. The summed E-state index contributed by atoms with van der Waals surface area (Å²) in [5, 5.41) is 11.4. The van der Waals surface area contributed by atoms with Gasteiger partial charge >= 0.3 is 0 Å². The van der Waals surface area contributed by atoms with E-state index in [2.05, 4.69) is 15.4 Å². The van der Waals surface area contributed by atoms with Crippen molar-refractivity contribution in [2.45, 2.75) is 39.2 Å². The Hall–Kier alpha value is -3.09. The molecule has 2 aromatic heterocycles. The van der Waals surface area contributed by atoms with Gasteiger partial charge in [0.25, 0.3) is 5.91 Å². The molecule has 0 bridgehead atoms. The average molecular weight is 380 g/mol. The van der Waals surface area contributed by atoms with Crippen LogP contribution >= 0.6 is 0 Å². The third-order valence-corrected chi connectivity index (χ3v) is 5.50. The largest absolute Gasteiger partial charge is 0.496 e. The summed E-state index contributed by atoms with van der Waals surface area (Å²) >= 11 is 0. The van der Waals surface area contributed by atoms with Gasteiger partial charge < -0.3 is 14.2 Å². The van der Waals surface area contributed by atoms with Crippen molar-refractivity contribution in [2.75, 3.05) is 13.7 Å². The lowest BCUT2D eigenvalue weighted by Crippen LogP contribution is -2.39. The molecule has 0 aliphatic carbocycles. The number of benzene rings is 1. The van der Waals surface area contributed by atoms with Crippen LogP contribution in [-0.2, 0) is 0 Å². The van der Waals surface area contributed by atoms with Gasteiger partial charge in [0.2, 0.25) is 0 Å². The molecule has 1 atom stereocenters. The van der Waals surface area contributed by atoms with Crippen LogP contribution in [0.2, 0.25) is 0 Å². The molecule has 28 heavy (non-hydrogen) atoms. The molecule has 146 valence electrons. The highest BCUT2D eigenvalue weighted by atomic mass is 16.5. The monoisotopic (exact) mass is 380 g/mol. The first-order valence-electron chi connectivity index (χ1n) is 9.52. The molecular weight excluding hydrogens is 356 g/mol. The maximum Gasteiger partial charge on any atom is 0.258 e. The Balaban J connectivity index is 1.72. The Morgan fingerprint density at radius 2 is 2.11 bits per heavy atom. The van der Waals surface area contributed by atoms with Gasteiger partial charge in [-0.25, -0.2) is 0 Å². The van der Waals surface area contributed by atoms with Gasteiger partial charge in [0, 0.05) is 12.1 Å². The molecule has 1 aliphatic heterocycles. The third-order valence-electron chi connectivity index (χ3n) is 5.50. The fourth-order valence-electron chi connectivity index (χ4n) is 3.85. The Labute approximate surface area is 163 Å². The van der Waals surface area contributed by atoms with E-state index in [9.17, 15) is 4.79 Å². The van der Waals surface area contributed by atoms with Crippen LogP contribution in [0.1, 0.15) is 52.6 Å². The van der Waals surface area contributed by atoms with Crippen LogP contribution in [0.3, 0.4) is 0 Å². The predicted octanol–water partition coefficient (Wildman–Crippen LogP) is 4.06. The lowest BCUT2D eigenvalue weighted by Gasteiger charge is -2.35. The number of hydrogen-bond donors (Lipinski definition) is 1. The molecule has 4 rings (SSSR count). The highest BCUT2D eigenvalue weighted by Crippen LogP contribution is 2.38. The number of ether oxygens (including phenoxy) is 1. The van der Waals surface area contributed by atoms with Gasteiger partial charge in [0.05, 0.1) is 41.9 Å². The summed E-state index contributed by atoms with van der Waals surface area (Å²) in [6.07, 6.45) is 4.64. The van der Waals surface area contributed by atoms with Crippen LogP contribution in [0.5, 0.6) is 5.75 Å². The number of H-pyrrole nitrogens is 1. The summed E-state index contributed by atoms with van der Waals surface area (Å²) in [5.74, 6) is 1.26. The van der Waals surface area contributed by atoms with E-state index in [0.29, 0.717) is 23.6 Å². The summed E-state index contributed by atoms with van der Waals surface area (Å²) in [6, 6.07) is 7.25. The van der Waals surface area contributed by atoms with Crippen molar-refractivity contribution in [3.05, 3.63) is 53.0 Å². The molecule has 1 amide bonds. The Kier molecular flexibility index (Phi) is 4.90. The number of amides is 1. The number of rotatable bonds is 4. The van der Waals surface area contributed by atoms with E-state index < -0.39 is 0 Å². The lowest BCUT2D eigenvalue weighted by molar-refractivity contribution is 0.0603. The van der Waals surface area contributed by atoms with E-state index in [4.69, 9.17) is 9.26 Å². The first-order chi connectivity index (χ1) is 13.6. The number of nitrogens with one attached hydrogen (secondary N) is 1. The fourth-order valence-corrected chi connectivity index (χ4v) is 3.85. The number of aromatic nitrogens is 3. The number of para-hydroxylation sites is 1. The summed E-state index contributed by atoms with van der Waals surface area (Å²) < 4.78 is 11.0. The molecule has 0 spiro atoms. The first-order valence-corrected chi connectivity index (χ1v) is 9.52. The lowest BCUT2D eigenvalue weighted by atomic mass is 9.94. The topological polar surface area (TPSA) is 84.2 Å². The van der Waals surface area contributed by atoms with Crippen molar-refractivity contribution in [3.8, 4) is 17.1 Å². The van der Waals surface area contributed by atoms with E-state index in [1.807, 2.05) is 43.0 Å². The minimum Gasteiger partial charge on any atom is -0.496 e. The van der Waals surface area contributed by atoms with Crippen molar-refractivity contribution in [1.82, 2.24) is 20.3 Å². The molecule has 7 heteroatoms. The summed E-state index contributed by atoms with van der Waals surface area (Å²) in [6.45, 7) is 4.59. The van der Waals surface area contributed by atoms with Gasteiger partial charge in [-0.05, 0) is 45.2 Å². The van der Waals surface area contributed by atoms with E-state index in [-0.39, 0.29) is 11.9 Å². The van der Waals surface area contributed by atoms with Crippen molar-refractivity contribution < 1.29 is 14.1 Å². The van der Waals surface area contributed by atoms with Crippen LogP contribution < -0.4 is 4.74 Å². The van der Waals surface area contributed by atoms with Crippen LogP contribution in [0.25, 0.3) is 11.3 Å². The second-order valence-corrected chi connectivity index (χ2v) is 7.13. The zero-order valence-electron chi connectivity index (χ0n) is 16.4. The normalized spacial score (nSPS) is 17.0. The fraction of sp³-hybridized carbons (Fsp3) is 0.381. The molecule has 1 saturated heterocycles. The SMILES string of the molecule is COc1ccccc1C(=O)N1CCCC[C@@H]1c1[nH]ncc1-c1onc(C)c1C. The van der Waals surface area contributed by atoms with Crippen molar-refractivity contribution in [3.63, 3.8) is 0 Å². The molecule has 3 aromatic rings. The summed E-state index contributed by atoms with van der Waals surface area (Å²) in [7, 11) is 1.59. The number of piperidine rings is 1. The number of carbonyl (C=O) groups excluding carboxylic acids is 1. The molecular formula is C21H24N4O3. The number of aromatic amines is 1. The van der Waals surface area contributed by atoms with Crippen LogP contribution in [-0.4, -0.2) is 39.8 Å². The van der Waals surface area contributed by atoms with E-state index in [0.717, 1.165) is 41.8 Å². The standard InChI is InChI=1S/C21H24N4O3/c1-13-14(2)24-28-20(13)16-12-22-23-19(16)17-9-6-7-11-25(17)21(26)15-8-4-5-10-18(15)27-3/h4-5,8,10,12,17H,6-7,9,11H2,1-3H3,(H,22,23)/t17-/m1/s1. The van der Waals surface area contributed by atoms with E-state index in [1.54, 1.807) is 13.3 Å². The zero-order valence-corrected chi connectivity index (χ0v) is 16.4. The van der Waals surface area contributed by atoms with Gasteiger partial charge in [-0.3, -0.25) is 9.89 Å². The second-order valence-electron chi connectivity index (χ2n) is 7.13. The number of nitrogens with zero attached hydrogens (tertiary/aromatic N) is 3. The summed E-state index contributed by atoms with van der Waals surface area (Å²) in [5.41, 5.74) is 4.17. The third kappa shape index (κ3) is 3.06. The molecule has 3 heterocycles. The van der Waals surface area contributed by atoms with Gasteiger partial charge in [-0.15, -0.1) is 0 Å². The molecule has 1 fully saturated rings. The van der Waals surface area contributed by atoms with Gasteiger partial charge in [0.15, 0.2) is 5.76 Å². The zero-order chi connectivity index (χ0) is 19.7. The quantitative estimate of drug-likeness (QED) is 0.738. The Morgan fingerprint density at radius 1 is 1.29 bits per heavy atom. The molecule has 0 saturated carbocycles. The van der Waals surface area contributed by atoms with E-state index >= 15 is 0 Å². The maximum absolute atomic E-state index is 13.4. The van der Waals surface area contributed by atoms with Crippen LogP contribution in [0.4, 0.5) is 0 Å². The minimum atomic E-state index is -0.103. The first kappa shape index (κ1) is 18.3. The Morgan fingerprint density at radius 3 is 2.86 bits per heavy atom. The summed E-state index contributed by atoms with van der Waals surface area (Å²) in [4.78, 5) is 15.3. The number of hydrogen-bond acceptors (Lipinski definition) is 5. The van der Waals surface area contributed by atoms with Crippen molar-refractivity contribution in [1.29, 1.82) is 0 Å². The van der Waals surface area contributed by atoms with Gasteiger partial charge in [-0.1, -0.05) is 17.3 Å².